The third-order valence-electron chi connectivity index (χ3n) is 11.2. The Bertz CT molecular complexity index is 2790. The Labute approximate surface area is 321 Å². The van der Waals surface area contributed by atoms with Crippen LogP contribution >= 0.6 is 0 Å². The first-order valence-corrected chi connectivity index (χ1v) is 18.9. The first-order chi connectivity index (χ1) is 27.0. The van der Waals surface area contributed by atoms with Gasteiger partial charge in [0.05, 0.1) is 0 Å². The van der Waals surface area contributed by atoms with Gasteiger partial charge in [-0.3, -0.25) is 0 Å². The molecule has 3 heteroatoms. The molecule has 0 saturated heterocycles. The molecule has 1 aromatic heterocycles. The second-order valence-corrected chi connectivity index (χ2v) is 14.8. The lowest BCUT2D eigenvalue weighted by atomic mass is 9.82. The molecule has 0 fully saturated rings. The van der Waals surface area contributed by atoms with Crippen molar-refractivity contribution in [2.45, 2.75) is 19.3 Å². The van der Waals surface area contributed by atoms with E-state index in [2.05, 4.69) is 190 Å². The molecule has 10 rings (SSSR count). The van der Waals surface area contributed by atoms with Crippen molar-refractivity contribution in [3.8, 4) is 78.7 Å². The van der Waals surface area contributed by atoms with Crippen molar-refractivity contribution < 1.29 is 0 Å². The highest BCUT2D eigenvalue weighted by Gasteiger charge is 2.35. The number of rotatable bonds is 6. The average Bonchev–Trinajstić information content (AvgIpc) is 3.49. The van der Waals surface area contributed by atoms with E-state index in [4.69, 9.17) is 15.0 Å². The summed E-state index contributed by atoms with van der Waals surface area (Å²) in [6.45, 7) is 4.66. The molecular formula is C52H37N3. The molecule has 260 valence electrons. The highest BCUT2D eigenvalue weighted by atomic mass is 15.0. The first-order valence-electron chi connectivity index (χ1n) is 18.9. The molecule has 1 heterocycles. The molecule has 0 atom stereocenters. The molecule has 0 unspecified atom stereocenters. The molecule has 0 radical (unpaired) electrons. The van der Waals surface area contributed by atoms with Crippen LogP contribution in [-0.2, 0) is 5.41 Å². The molecule has 0 spiro atoms. The molecule has 0 saturated carbocycles. The summed E-state index contributed by atoms with van der Waals surface area (Å²) in [4.78, 5) is 16.1. The molecular weight excluding hydrogens is 667 g/mol. The fraction of sp³-hybridized carbons (Fsp3) is 0.0577. The van der Waals surface area contributed by atoms with E-state index in [1.54, 1.807) is 0 Å². The van der Waals surface area contributed by atoms with Crippen LogP contribution in [0.5, 0.6) is 0 Å². The smallest absolute Gasteiger partial charge is 0.164 e. The van der Waals surface area contributed by atoms with Crippen LogP contribution in [0, 0.1) is 0 Å². The Morgan fingerprint density at radius 1 is 0.327 bits per heavy atom. The highest BCUT2D eigenvalue weighted by Crippen LogP contribution is 2.50. The third-order valence-corrected chi connectivity index (χ3v) is 11.2. The predicted octanol–water partition coefficient (Wildman–Crippen LogP) is 13.3. The zero-order valence-corrected chi connectivity index (χ0v) is 30.7. The van der Waals surface area contributed by atoms with E-state index in [1.807, 2.05) is 12.1 Å². The fourth-order valence-electron chi connectivity index (χ4n) is 8.48. The zero-order valence-electron chi connectivity index (χ0n) is 30.7. The van der Waals surface area contributed by atoms with Crippen molar-refractivity contribution in [2.75, 3.05) is 0 Å². The molecule has 0 amide bonds. The Balaban J connectivity index is 1.25. The van der Waals surface area contributed by atoms with Crippen molar-refractivity contribution >= 4 is 10.8 Å². The van der Waals surface area contributed by atoms with Gasteiger partial charge >= 0.3 is 0 Å². The summed E-state index contributed by atoms with van der Waals surface area (Å²) in [7, 11) is 0. The third kappa shape index (κ3) is 5.55. The summed E-state index contributed by atoms with van der Waals surface area (Å²) in [5.74, 6) is 1.89. The van der Waals surface area contributed by atoms with Gasteiger partial charge in [-0.25, -0.2) is 15.0 Å². The molecule has 0 bridgehead atoms. The number of aromatic nitrogens is 3. The Kier molecular flexibility index (Phi) is 7.81. The predicted molar refractivity (Wildman–Crippen MR) is 228 cm³/mol. The van der Waals surface area contributed by atoms with E-state index in [9.17, 15) is 0 Å². The lowest BCUT2D eigenvalue weighted by molar-refractivity contribution is 0.660. The maximum atomic E-state index is 5.39. The minimum absolute atomic E-state index is 0.0810. The molecule has 55 heavy (non-hydrogen) atoms. The first kappa shape index (κ1) is 32.7. The molecule has 3 nitrogen and oxygen atoms in total. The Morgan fingerprint density at radius 3 is 1.42 bits per heavy atom. The van der Waals surface area contributed by atoms with Gasteiger partial charge in [0.1, 0.15) is 0 Å². The van der Waals surface area contributed by atoms with Crippen molar-refractivity contribution in [1.29, 1.82) is 0 Å². The summed E-state index contributed by atoms with van der Waals surface area (Å²) in [5, 5.41) is 2.32. The normalized spacial score (nSPS) is 12.7. The summed E-state index contributed by atoms with van der Waals surface area (Å²) in [5.41, 5.74) is 14.7. The average molecular weight is 704 g/mol. The van der Waals surface area contributed by atoms with E-state index in [0.29, 0.717) is 17.5 Å². The molecule has 9 aromatic rings. The van der Waals surface area contributed by atoms with Crippen LogP contribution in [0.25, 0.3) is 89.4 Å². The van der Waals surface area contributed by atoms with Gasteiger partial charge in [-0.05, 0) is 73.0 Å². The molecule has 1 aliphatic rings. The van der Waals surface area contributed by atoms with E-state index < -0.39 is 0 Å². The van der Waals surface area contributed by atoms with Crippen LogP contribution in [0.2, 0.25) is 0 Å². The minimum atomic E-state index is -0.0810. The van der Waals surface area contributed by atoms with Crippen LogP contribution in [0.1, 0.15) is 25.0 Å². The van der Waals surface area contributed by atoms with Gasteiger partial charge in [-0.15, -0.1) is 0 Å². The van der Waals surface area contributed by atoms with Crippen molar-refractivity contribution in [3.05, 3.63) is 199 Å². The van der Waals surface area contributed by atoms with E-state index in [1.165, 1.54) is 27.6 Å². The standard InChI is InChI=1S/C52H37N3/c1-52(2)46-28-16-15-25-41(46)45-33-37(30-32-47(45)52)48-40-24-10-9-21-36(40)29-31-44(48)51-54-49(42-26-13-11-22-38(42)34-17-5-3-6-18-34)53-50(55-51)43-27-14-12-23-39(43)35-19-7-4-8-20-35/h3-33H,1-2H3. The Morgan fingerprint density at radius 2 is 0.800 bits per heavy atom. The van der Waals surface area contributed by atoms with E-state index in [0.717, 1.165) is 55.5 Å². The summed E-state index contributed by atoms with van der Waals surface area (Å²) >= 11 is 0. The summed E-state index contributed by atoms with van der Waals surface area (Å²) < 4.78 is 0. The van der Waals surface area contributed by atoms with Gasteiger partial charge in [0.25, 0.3) is 0 Å². The summed E-state index contributed by atoms with van der Waals surface area (Å²) in [6, 6.07) is 66.6. The fourth-order valence-corrected chi connectivity index (χ4v) is 8.48. The zero-order chi connectivity index (χ0) is 36.9. The second-order valence-electron chi connectivity index (χ2n) is 14.8. The Hall–Kier alpha value is -6.97. The van der Waals surface area contributed by atoms with Crippen LogP contribution < -0.4 is 0 Å². The van der Waals surface area contributed by atoms with Crippen LogP contribution in [0.15, 0.2) is 188 Å². The van der Waals surface area contributed by atoms with Crippen LogP contribution in [0.3, 0.4) is 0 Å². The molecule has 8 aromatic carbocycles. The van der Waals surface area contributed by atoms with Gasteiger partial charge in [0.15, 0.2) is 17.5 Å². The van der Waals surface area contributed by atoms with E-state index >= 15 is 0 Å². The molecule has 0 N–H and O–H groups in total. The number of hydrogen-bond donors (Lipinski definition) is 0. The van der Waals surface area contributed by atoms with Crippen molar-refractivity contribution in [1.82, 2.24) is 15.0 Å². The largest absolute Gasteiger partial charge is 0.208 e. The van der Waals surface area contributed by atoms with Crippen molar-refractivity contribution in [3.63, 3.8) is 0 Å². The van der Waals surface area contributed by atoms with E-state index in [-0.39, 0.29) is 5.41 Å². The maximum Gasteiger partial charge on any atom is 0.164 e. The second kappa shape index (κ2) is 13.2. The van der Waals surface area contributed by atoms with Crippen LogP contribution in [0.4, 0.5) is 0 Å². The van der Waals surface area contributed by atoms with Crippen LogP contribution in [-0.4, -0.2) is 15.0 Å². The van der Waals surface area contributed by atoms with Gasteiger partial charge < -0.3 is 0 Å². The number of fused-ring (bicyclic) bond motifs is 4. The quantitative estimate of drug-likeness (QED) is 0.173. The SMILES string of the molecule is CC1(C)c2ccccc2-c2cc(-c3c(-c4nc(-c5ccccc5-c5ccccc5)nc(-c5ccccc5-c5ccccc5)n4)ccc4ccccc34)ccc21. The van der Waals surface area contributed by atoms with Gasteiger partial charge in [0, 0.05) is 27.7 Å². The number of hydrogen-bond acceptors (Lipinski definition) is 3. The van der Waals surface area contributed by atoms with Gasteiger partial charge in [0.2, 0.25) is 0 Å². The highest BCUT2D eigenvalue weighted by molar-refractivity contribution is 6.04. The number of benzene rings is 8. The molecule has 1 aliphatic carbocycles. The lowest BCUT2D eigenvalue weighted by Gasteiger charge is -2.21. The van der Waals surface area contributed by atoms with Gasteiger partial charge in [-0.1, -0.05) is 190 Å². The monoisotopic (exact) mass is 703 g/mol. The van der Waals surface area contributed by atoms with Crippen molar-refractivity contribution in [2.24, 2.45) is 0 Å². The minimum Gasteiger partial charge on any atom is -0.208 e. The lowest BCUT2D eigenvalue weighted by Crippen LogP contribution is -2.14. The maximum absolute atomic E-state index is 5.39. The molecule has 0 aliphatic heterocycles. The summed E-state index contributed by atoms with van der Waals surface area (Å²) in [6.07, 6.45) is 0. The topological polar surface area (TPSA) is 38.7 Å². The van der Waals surface area contributed by atoms with Gasteiger partial charge in [-0.2, -0.15) is 0 Å². The number of nitrogens with zero attached hydrogens (tertiary/aromatic N) is 3.